The molecule has 0 fully saturated rings. The minimum atomic E-state index is -0.409. The molecule has 0 bridgehead atoms. The van der Waals surface area contributed by atoms with E-state index in [1.165, 1.54) is 11.8 Å². The number of aliphatic hydroxyl groups excluding tert-OH is 1. The van der Waals surface area contributed by atoms with Crippen molar-refractivity contribution in [2.75, 3.05) is 7.11 Å². The molecule has 0 saturated carbocycles. The van der Waals surface area contributed by atoms with E-state index in [-0.39, 0.29) is 5.56 Å². The number of aliphatic hydroxyl groups is 1. The lowest BCUT2D eigenvalue weighted by atomic mass is 10.1. The van der Waals surface area contributed by atoms with E-state index in [2.05, 4.69) is 0 Å². The summed E-state index contributed by atoms with van der Waals surface area (Å²) in [6.07, 6.45) is 0.900. The average molecular weight is 407 g/mol. The zero-order valence-electron chi connectivity index (χ0n) is 16.3. The van der Waals surface area contributed by atoms with Gasteiger partial charge in [-0.05, 0) is 35.4 Å². The number of carbonyl (C=O) groups excluding carboxylic acids is 1. The van der Waals surface area contributed by atoms with E-state index >= 15 is 0 Å². The van der Waals surface area contributed by atoms with Crippen molar-refractivity contribution in [3.05, 3.63) is 82.6 Å². The van der Waals surface area contributed by atoms with E-state index in [4.69, 9.17) is 10.1 Å². The van der Waals surface area contributed by atoms with Crippen LogP contribution in [0.3, 0.4) is 0 Å². The van der Waals surface area contributed by atoms with Gasteiger partial charge >= 0.3 is 0 Å². The van der Waals surface area contributed by atoms with Crippen LogP contribution in [0.2, 0.25) is 0 Å². The molecule has 1 aromatic heterocycles. The molecule has 29 heavy (non-hydrogen) atoms. The predicted molar refractivity (Wildman–Crippen MR) is 118 cm³/mol. The van der Waals surface area contributed by atoms with Gasteiger partial charge in [0.1, 0.15) is 6.29 Å². The van der Waals surface area contributed by atoms with Gasteiger partial charge in [0.05, 0.1) is 16.2 Å². The molecule has 0 aliphatic rings. The van der Waals surface area contributed by atoms with Gasteiger partial charge in [0.25, 0.3) is 5.56 Å². The average Bonchev–Trinajstić information content (AvgIpc) is 2.78. The smallest absolute Gasteiger partial charge is 0.262 e. The molecule has 6 heteroatoms. The second-order valence-electron chi connectivity index (χ2n) is 6.25. The number of rotatable bonds is 5. The number of thioether (sulfide) groups is 1. The number of carbonyl (C=O) groups is 1. The summed E-state index contributed by atoms with van der Waals surface area (Å²) in [7, 11) is 1.00. The Morgan fingerprint density at radius 3 is 2.28 bits per heavy atom. The highest BCUT2D eigenvalue weighted by Gasteiger charge is 2.18. The van der Waals surface area contributed by atoms with Gasteiger partial charge in [-0.1, -0.05) is 66.4 Å². The molecule has 0 amide bonds. The summed E-state index contributed by atoms with van der Waals surface area (Å²) < 4.78 is 1.64. The van der Waals surface area contributed by atoms with Crippen molar-refractivity contribution < 1.29 is 9.90 Å². The third-order valence-corrected chi connectivity index (χ3v) is 5.75. The second-order valence-corrected chi connectivity index (χ2v) is 7.35. The Morgan fingerprint density at radius 1 is 1.03 bits per heavy atom. The Morgan fingerprint density at radius 2 is 1.66 bits per heavy atom. The molecule has 1 unspecified atom stereocenters. The van der Waals surface area contributed by atoms with Crippen molar-refractivity contribution in [3.63, 3.8) is 0 Å². The van der Waals surface area contributed by atoms with Crippen LogP contribution in [0.25, 0.3) is 21.7 Å². The number of aromatic nitrogens is 2. The van der Waals surface area contributed by atoms with Crippen LogP contribution in [0.5, 0.6) is 0 Å². The molecule has 1 N–H and O–H groups in total. The monoisotopic (exact) mass is 406 g/mol. The SMILES string of the molecule is CCn1c(SC(C=O)c2ccccc2)nc2cc3ccccc3cc2c1=O.CO. The first kappa shape index (κ1) is 20.8. The second kappa shape index (κ2) is 9.49. The summed E-state index contributed by atoms with van der Waals surface area (Å²) in [5, 5.41) is 9.81. The lowest BCUT2D eigenvalue weighted by molar-refractivity contribution is -0.107. The summed E-state index contributed by atoms with van der Waals surface area (Å²) >= 11 is 1.31. The molecule has 3 aromatic carbocycles. The molecule has 0 aliphatic carbocycles. The van der Waals surface area contributed by atoms with E-state index in [0.29, 0.717) is 22.6 Å². The fourth-order valence-electron chi connectivity index (χ4n) is 3.19. The van der Waals surface area contributed by atoms with E-state index < -0.39 is 5.25 Å². The van der Waals surface area contributed by atoms with Gasteiger partial charge in [0, 0.05) is 13.7 Å². The van der Waals surface area contributed by atoms with Crippen LogP contribution in [-0.4, -0.2) is 28.1 Å². The van der Waals surface area contributed by atoms with Crippen molar-refractivity contribution in [3.8, 4) is 0 Å². The quantitative estimate of drug-likeness (QED) is 0.233. The zero-order chi connectivity index (χ0) is 20.8. The molecule has 1 atom stereocenters. The van der Waals surface area contributed by atoms with E-state index in [1.54, 1.807) is 4.57 Å². The van der Waals surface area contributed by atoms with Crippen LogP contribution in [0, 0.1) is 0 Å². The van der Waals surface area contributed by atoms with E-state index in [1.807, 2.05) is 73.7 Å². The number of fused-ring (bicyclic) bond motifs is 2. The summed E-state index contributed by atoms with van der Waals surface area (Å²) in [4.78, 5) is 29.5. The lowest BCUT2D eigenvalue weighted by Gasteiger charge is -2.15. The van der Waals surface area contributed by atoms with Gasteiger partial charge in [0.2, 0.25) is 0 Å². The molecule has 0 spiro atoms. The molecule has 0 aliphatic heterocycles. The molecule has 1 heterocycles. The Hall–Kier alpha value is -2.96. The van der Waals surface area contributed by atoms with Crippen molar-refractivity contribution in [2.45, 2.75) is 23.9 Å². The molecule has 0 saturated heterocycles. The third kappa shape index (κ3) is 4.23. The molecular weight excluding hydrogens is 384 g/mol. The van der Waals surface area contributed by atoms with Gasteiger partial charge < -0.3 is 9.90 Å². The number of nitrogens with zero attached hydrogens (tertiary/aromatic N) is 2. The minimum Gasteiger partial charge on any atom is -0.400 e. The summed E-state index contributed by atoms with van der Waals surface area (Å²) in [6, 6.07) is 21.3. The summed E-state index contributed by atoms with van der Waals surface area (Å²) in [5.74, 6) is 0. The third-order valence-electron chi connectivity index (χ3n) is 4.59. The van der Waals surface area contributed by atoms with Gasteiger partial charge in [-0.15, -0.1) is 0 Å². The molecule has 0 radical (unpaired) electrons. The van der Waals surface area contributed by atoms with Crippen LogP contribution in [-0.2, 0) is 11.3 Å². The van der Waals surface area contributed by atoms with E-state index in [0.717, 1.165) is 29.7 Å². The molecule has 4 aromatic rings. The first-order valence-electron chi connectivity index (χ1n) is 9.26. The first-order valence-corrected chi connectivity index (χ1v) is 10.1. The largest absolute Gasteiger partial charge is 0.400 e. The van der Waals surface area contributed by atoms with Gasteiger partial charge in [-0.3, -0.25) is 9.36 Å². The highest BCUT2D eigenvalue weighted by molar-refractivity contribution is 8.00. The normalized spacial score (nSPS) is 11.7. The number of hydrogen-bond acceptors (Lipinski definition) is 5. The van der Waals surface area contributed by atoms with Gasteiger partial charge in [-0.25, -0.2) is 4.98 Å². The molecule has 4 rings (SSSR count). The topological polar surface area (TPSA) is 72.2 Å². The molecule has 148 valence electrons. The van der Waals surface area contributed by atoms with Crippen molar-refractivity contribution in [1.82, 2.24) is 9.55 Å². The van der Waals surface area contributed by atoms with Crippen LogP contribution < -0.4 is 5.56 Å². The highest BCUT2D eigenvalue weighted by atomic mass is 32.2. The first-order chi connectivity index (χ1) is 14.2. The Labute approximate surface area is 173 Å². The van der Waals surface area contributed by atoms with Crippen LogP contribution in [0.1, 0.15) is 17.7 Å². The fourth-order valence-corrected chi connectivity index (χ4v) is 4.25. The van der Waals surface area contributed by atoms with Crippen LogP contribution >= 0.6 is 11.8 Å². The van der Waals surface area contributed by atoms with Gasteiger partial charge in [-0.2, -0.15) is 0 Å². The fraction of sp³-hybridized carbons (Fsp3) is 0.174. The van der Waals surface area contributed by atoms with E-state index in [9.17, 15) is 9.59 Å². The standard InChI is InChI=1S/C22H18N2O2S.CH4O/c1-2-24-21(26)18-12-16-10-6-7-11-17(16)13-19(18)23-22(24)27-20(14-25)15-8-4-3-5-9-15;1-2/h3-14,20H,2H2,1H3;2H,1H3. The zero-order valence-corrected chi connectivity index (χ0v) is 17.1. The number of aldehydes is 1. The van der Waals surface area contributed by atoms with Crippen molar-refractivity contribution >= 4 is 39.7 Å². The molecular formula is C23H22N2O3S. The minimum absolute atomic E-state index is 0.0755. The Bertz CT molecular complexity index is 1190. The highest BCUT2D eigenvalue weighted by Crippen LogP contribution is 2.33. The Kier molecular flexibility index (Phi) is 6.80. The summed E-state index contributed by atoms with van der Waals surface area (Å²) in [5.41, 5.74) is 1.48. The maximum Gasteiger partial charge on any atom is 0.262 e. The van der Waals surface area contributed by atoms with Crippen molar-refractivity contribution in [2.24, 2.45) is 0 Å². The maximum atomic E-state index is 13.1. The van der Waals surface area contributed by atoms with Crippen LogP contribution in [0.4, 0.5) is 0 Å². The maximum absolute atomic E-state index is 13.1. The van der Waals surface area contributed by atoms with Crippen LogP contribution in [0.15, 0.2) is 76.7 Å². The molecule has 5 nitrogen and oxygen atoms in total. The van der Waals surface area contributed by atoms with Crippen molar-refractivity contribution in [1.29, 1.82) is 0 Å². The number of benzene rings is 3. The summed E-state index contributed by atoms with van der Waals surface area (Å²) in [6.45, 7) is 2.41. The Balaban J connectivity index is 0.00000117. The lowest BCUT2D eigenvalue weighted by Crippen LogP contribution is -2.23. The predicted octanol–water partition coefficient (Wildman–Crippen LogP) is 4.21. The van der Waals surface area contributed by atoms with Gasteiger partial charge in [0.15, 0.2) is 5.16 Å². The number of hydrogen-bond donors (Lipinski definition) is 1.